The van der Waals surface area contributed by atoms with Gasteiger partial charge in [0.2, 0.25) is 0 Å². The molecule has 0 saturated heterocycles. The van der Waals surface area contributed by atoms with Gasteiger partial charge in [-0.05, 0) is 41.1 Å². The normalized spacial score (nSPS) is 13.2. The molecular weight excluding hydrogens is 488 g/mol. The van der Waals surface area contributed by atoms with Crippen LogP contribution in [0.25, 0.3) is 83.6 Å². The fraction of sp³-hybridized carbons (Fsp3) is 0.0541. The van der Waals surface area contributed by atoms with Crippen molar-refractivity contribution in [2.45, 2.75) is 12.8 Å². The minimum atomic E-state index is 0.908. The first-order chi connectivity index (χ1) is 19.9. The second kappa shape index (κ2) is 8.17. The standard InChI is InChI=1S/C37H24N2O/c1-2-12-23(13-3-1)35-25-15-5-4-14-24(25)22-32(38-35)39-30-20-10-8-18-28(30)33-26-16-6-7-17-27(26)34-29-19-9-11-21-31(29)40-37(34)36(33)39/h1-7,9,11-22H,8,10H2. The average molecular weight is 513 g/mol. The van der Waals surface area contributed by atoms with Crippen molar-refractivity contribution in [2.75, 3.05) is 0 Å². The molecule has 0 aliphatic heterocycles. The highest BCUT2D eigenvalue weighted by Gasteiger charge is 2.23. The number of hydrogen-bond donors (Lipinski definition) is 0. The van der Waals surface area contributed by atoms with Gasteiger partial charge >= 0.3 is 0 Å². The molecule has 8 aromatic rings. The third kappa shape index (κ3) is 2.92. The maximum atomic E-state index is 6.74. The molecule has 1 aliphatic carbocycles. The Morgan fingerprint density at radius 2 is 1.30 bits per heavy atom. The molecule has 3 heterocycles. The minimum Gasteiger partial charge on any atom is -0.454 e. The molecule has 188 valence electrons. The zero-order chi connectivity index (χ0) is 26.2. The summed E-state index contributed by atoms with van der Waals surface area (Å²) >= 11 is 0. The molecule has 0 fully saturated rings. The lowest BCUT2D eigenvalue weighted by Gasteiger charge is -2.13. The highest BCUT2D eigenvalue weighted by atomic mass is 16.3. The molecule has 0 N–H and O–H groups in total. The molecule has 0 spiro atoms. The highest BCUT2D eigenvalue weighted by Crippen LogP contribution is 2.40. The van der Waals surface area contributed by atoms with E-state index in [1.807, 2.05) is 6.07 Å². The third-order valence-electron chi connectivity index (χ3n) is 8.38. The van der Waals surface area contributed by atoms with E-state index in [-0.39, 0.29) is 0 Å². The second-order valence-corrected chi connectivity index (χ2v) is 10.6. The highest BCUT2D eigenvalue weighted by molar-refractivity contribution is 6.30. The van der Waals surface area contributed by atoms with Crippen LogP contribution in [0.4, 0.5) is 0 Å². The Morgan fingerprint density at radius 3 is 2.15 bits per heavy atom. The lowest BCUT2D eigenvalue weighted by molar-refractivity contribution is 0.670. The summed E-state index contributed by atoms with van der Waals surface area (Å²) in [5.74, 6) is 0.910. The first-order valence-corrected chi connectivity index (χ1v) is 13.9. The van der Waals surface area contributed by atoms with Crippen LogP contribution in [0.3, 0.4) is 0 Å². The van der Waals surface area contributed by atoms with Crippen molar-refractivity contribution < 1.29 is 4.42 Å². The van der Waals surface area contributed by atoms with Crippen molar-refractivity contribution in [1.82, 2.24) is 9.55 Å². The maximum Gasteiger partial charge on any atom is 0.160 e. The van der Waals surface area contributed by atoms with Gasteiger partial charge in [-0.1, -0.05) is 109 Å². The van der Waals surface area contributed by atoms with Gasteiger partial charge in [0.05, 0.1) is 16.6 Å². The predicted molar refractivity (Wildman–Crippen MR) is 166 cm³/mol. The maximum absolute atomic E-state index is 6.74. The number of fused-ring (bicyclic) bond motifs is 11. The SMILES string of the molecule is C1=c2c(n(-c3cc4ccccc4c(-c4ccccc4)n3)c3c4oc5ccccc5c4c4ccccc4c23)=CCC1. The van der Waals surface area contributed by atoms with Crippen LogP contribution in [0.5, 0.6) is 0 Å². The summed E-state index contributed by atoms with van der Waals surface area (Å²) in [6.45, 7) is 0. The van der Waals surface area contributed by atoms with Crippen LogP contribution in [0.15, 0.2) is 114 Å². The summed E-state index contributed by atoms with van der Waals surface area (Å²) in [5.41, 5.74) is 5.02. The van der Waals surface area contributed by atoms with E-state index in [4.69, 9.17) is 9.40 Å². The van der Waals surface area contributed by atoms with E-state index in [1.165, 1.54) is 37.5 Å². The minimum absolute atomic E-state index is 0.908. The zero-order valence-corrected chi connectivity index (χ0v) is 21.8. The zero-order valence-electron chi connectivity index (χ0n) is 21.8. The molecule has 0 amide bonds. The molecule has 3 nitrogen and oxygen atoms in total. The van der Waals surface area contributed by atoms with Crippen LogP contribution in [-0.4, -0.2) is 9.55 Å². The summed E-state index contributed by atoms with van der Waals surface area (Å²) in [6.07, 6.45) is 6.80. The number of benzene rings is 5. The molecule has 5 aromatic carbocycles. The fourth-order valence-corrected chi connectivity index (χ4v) is 6.70. The quantitative estimate of drug-likeness (QED) is 0.233. The molecule has 3 heteroatoms. The van der Waals surface area contributed by atoms with Crippen molar-refractivity contribution in [1.29, 1.82) is 0 Å². The molecule has 0 bridgehead atoms. The molecule has 0 saturated carbocycles. The average Bonchev–Trinajstić information content (AvgIpc) is 3.58. The second-order valence-electron chi connectivity index (χ2n) is 10.6. The van der Waals surface area contributed by atoms with E-state index in [1.54, 1.807) is 0 Å². The van der Waals surface area contributed by atoms with E-state index < -0.39 is 0 Å². The van der Waals surface area contributed by atoms with Gasteiger partial charge in [0.15, 0.2) is 5.58 Å². The Hall–Kier alpha value is -5.15. The van der Waals surface area contributed by atoms with E-state index in [0.717, 1.165) is 57.4 Å². The van der Waals surface area contributed by atoms with Gasteiger partial charge in [-0.25, -0.2) is 4.98 Å². The van der Waals surface area contributed by atoms with Gasteiger partial charge in [-0.15, -0.1) is 0 Å². The predicted octanol–water partition coefficient (Wildman–Crippen LogP) is 8.25. The summed E-state index contributed by atoms with van der Waals surface area (Å²) in [6, 6.07) is 38.5. The van der Waals surface area contributed by atoms with E-state index in [9.17, 15) is 0 Å². The van der Waals surface area contributed by atoms with Crippen molar-refractivity contribution in [3.8, 4) is 17.1 Å². The molecule has 1 aliphatic rings. The van der Waals surface area contributed by atoms with Crippen molar-refractivity contribution >= 4 is 66.5 Å². The van der Waals surface area contributed by atoms with E-state index in [2.05, 4.69) is 120 Å². The summed E-state index contributed by atoms with van der Waals surface area (Å²) in [4.78, 5) is 5.40. The Labute approximate surface area is 229 Å². The molecular formula is C37H24N2O. The van der Waals surface area contributed by atoms with Crippen molar-refractivity contribution in [3.63, 3.8) is 0 Å². The van der Waals surface area contributed by atoms with Gasteiger partial charge in [0.25, 0.3) is 0 Å². The number of furan rings is 1. The Balaban J connectivity index is 1.54. The van der Waals surface area contributed by atoms with Gasteiger partial charge < -0.3 is 4.42 Å². The van der Waals surface area contributed by atoms with Crippen LogP contribution < -0.4 is 10.6 Å². The molecule has 0 radical (unpaired) electrons. The topological polar surface area (TPSA) is 31.0 Å². The fourth-order valence-electron chi connectivity index (χ4n) is 6.70. The van der Waals surface area contributed by atoms with Gasteiger partial charge in [0, 0.05) is 32.3 Å². The summed E-state index contributed by atoms with van der Waals surface area (Å²) in [5, 5.41) is 10.8. The lowest BCUT2D eigenvalue weighted by Crippen LogP contribution is -2.30. The first-order valence-electron chi connectivity index (χ1n) is 13.9. The first kappa shape index (κ1) is 21.7. The van der Waals surface area contributed by atoms with Crippen LogP contribution in [-0.2, 0) is 0 Å². The molecule has 40 heavy (non-hydrogen) atoms. The number of para-hydroxylation sites is 1. The molecule has 0 atom stereocenters. The Morgan fingerprint density at radius 1 is 0.625 bits per heavy atom. The van der Waals surface area contributed by atoms with E-state index in [0.29, 0.717) is 0 Å². The summed E-state index contributed by atoms with van der Waals surface area (Å²) < 4.78 is 9.10. The van der Waals surface area contributed by atoms with Crippen LogP contribution >= 0.6 is 0 Å². The largest absolute Gasteiger partial charge is 0.454 e. The number of hydrogen-bond acceptors (Lipinski definition) is 2. The Bertz CT molecular complexity index is 2430. The molecule has 3 aromatic heterocycles. The van der Waals surface area contributed by atoms with Crippen LogP contribution in [0.2, 0.25) is 0 Å². The number of pyridine rings is 1. The molecule has 0 unspecified atom stereocenters. The van der Waals surface area contributed by atoms with Crippen LogP contribution in [0, 0.1) is 0 Å². The van der Waals surface area contributed by atoms with Gasteiger partial charge in [0.1, 0.15) is 11.4 Å². The molecule has 9 rings (SSSR count). The number of aromatic nitrogens is 2. The van der Waals surface area contributed by atoms with E-state index >= 15 is 0 Å². The smallest absolute Gasteiger partial charge is 0.160 e. The number of nitrogens with zero attached hydrogens (tertiary/aromatic N) is 2. The monoisotopic (exact) mass is 512 g/mol. The summed E-state index contributed by atoms with van der Waals surface area (Å²) in [7, 11) is 0. The van der Waals surface area contributed by atoms with Crippen molar-refractivity contribution in [3.05, 3.63) is 120 Å². The van der Waals surface area contributed by atoms with Crippen molar-refractivity contribution in [2.24, 2.45) is 0 Å². The number of rotatable bonds is 2. The third-order valence-corrected chi connectivity index (χ3v) is 8.38. The van der Waals surface area contributed by atoms with Gasteiger partial charge in [-0.2, -0.15) is 0 Å². The lowest BCUT2D eigenvalue weighted by atomic mass is 9.99. The van der Waals surface area contributed by atoms with Gasteiger partial charge in [-0.3, -0.25) is 4.57 Å². The Kier molecular flexibility index (Phi) is 4.44. The van der Waals surface area contributed by atoms with Crippen LogP contribution in [0.1, 0.15) is 12.8 Å².